The molecule has 37 heavy (non-hydrogen) atoms. The molecule has 0 unspecified atom stereocenters. The van der Waals surface area contributed by atoms with E-state index in [9.17, 15) is 19.1 Å². The van der Waals surface area contributed by atoms with E-state index in [1.807, 2.05) is 6.07 Å². The molecule has 1 amide bonds. The first kappa shape index (κ1) is 25.4. The minimum Gasteiger partial charge on any atom is -0.506 e. The predicted molar refractivity (Wildman–Crippen MR) is 141 cm³/mol. The Labute approximate surface area is 215 Å². The Morgan fingerprint density at radius 3 is 2.41 bits per heavy atom. The molecule has 2 aliphatic rings. The number of aromatic nitrogens is 1. The standard InChI is InChI=1S/C29H34FN3O4/c1-19-2-9-23(10-3-19)31-28(35)26-27(34)24-18-21(20-4-7-22(30)8-5-20)6-11-25(24)33(29(26)36)13-12-32-14-16-37-17-15-32/h4-8,11,18-19,23,34H,2-3,9-10,12-17H2,1H3,(H,31,35). The Morgan fingerprint density at radius 1 is 1.03 bits per heavy atom. The van der Waals surface area contributed by atoms with Crippen molar-refractivity contribution in [1.29, 1.82) is 0 Å². The number of hydrogen-bond acceptors (Lipinski definition) is 5. The van der Waals surface area contributed by atoms with Crippen molar-refractivity contribution in [3.8, 4) is 16.9 Å². The lowest BCUT2D eigenvalue weighted by molar-refractivity contribution is 0.0364. The fourth-order valence-electron chi connectivity index (χ4n) is 5.42. The van der Waals surface area contributed by atoms with Gasteiger partial charge in [-0.3, -0.25) is 14.5 Å². The molecule has 1 saturated heterocycles. The number of nitrogens with one attached hydrogen (secondary N) is 1. The Bertz CT molecular complexity index is 1320. The third-order valence-electron chi connectivity index (χ3n) is 7.74. The van der Waals surface area contributed by atoms with Gasteiger partial charge in [0, 0.05) is 37.6 Å². The maximum absolute atomic E-state index is 13.7. The summed E-state index contributed by atoms with van der Waals surface area (Å²) in [6, 6.07) is 11.5. The van der Waals surface area contributed by atoms with Crippen LogP contribution in [-0.2, 0) is 11.3 Å². The van der Waals surface area contributed by atoms with Gasteiger partial charge in [-0.25, -0.2) is 4.39 Å². The number of halogens is 1. The summed E-state index contributed by atoms with van der Waals surface area (Å²) in [7, 11) is 0. The van der Waals surface area contributed by atoms with Crippen molar-refractivity contribution in [2.75, 3.05) is 32.8 Å². The molecule has 8 heteroatoms. The van der Waals surface area contributed by atoms with Crippen LogP contribution in [0.1, 0.15) is 43.0 Å². The van der Waals surface area contributed by atoms with Crippen molar-refractivity contribution >= 4 is 16.8 Å². The van der Waals surface area contributed by atoms with Gasteiger partial charge in [0.05, 0.1) is 18.7 Å². The SMILES string of the molecule is CC1CCC(NC(=O)c2c(O)c3cc(-c4ccc(F)cc4)ccc3n(CCN3CCOCC3)c2=O)CC1. The van der Waals surface area contributed by atoms with Crippen molar-refractivity contribution in [2.24, 2.45) is 5.92 Å². The van der Waals surface area contributed by atoms with Crippen LogP contribution in [-0.4, -0.2) is 59.4 Å². The van der Waals surface area contributed by atoms with Crippen LogP contribution in [0.3, 0.4) is 0 Å². The Hall–Kier alpha value is -3.23. The monoisotopic (exact) mass is 507 g/mol. The molecule has 0 radical (unpaired) electrons. The molecule has 2 N–H and O–H groups in total. The van der Waals surface area contributed by atoms with Crippen molar-refractivity contribution in [3.63, 3.8) is 0 Å². The Morgan fingerprint density at radius 2 is 1.70 bits per heavy atom. The lowest BCUT2D eigenvalue weighted by Crippen LogP contribution is -2.42. The molecule has 1 saturated carbocycles. The van der Waals surface area contributed by atoms with Crippen LogP contribution in [0.5, 0.6) is 5.75 Å². The van der Waals surface area contributed by atoms with Gasteiger partial charge in [-0.2, -0.15) is 0 Å². The van der Waals surface area contributed by atoms with Crippen LogP contribution in [0, 0.1) is 11.7 Å². The van der Waals surface area contributed by atoms with Crippen molar-refractivity contribution in [1.82, 2.24) is 14.8 Å². The molecular weight excluding hydrogens is 473 g/mol. The summed E-state index contributed by atoms with van der Waals surface area (Å²) in [5, 5.41) is 14.7. The van der Waals surface area contributed by atoms with Gasteiger partial charge in [0.2, 0.25) is 0 Å². The van der Waals surface area contributed by atoms with Gasteiger partial charge in [-0.15, -0.1) is 0 Å². The lowest BCUT2D eigenvalue weighted by Gasteiger charge is -2.28. The van der Waals surface area contributed by atoms with Crippen molar-refractivity contribution in [3.05, 3.63) is 64.2 Å². The summed E-state index contributed by atoms with van der Waals surface area (Å²) in [6.45, 7) is 6.09. The number of rotatable bonds is 6. The van der Waals surface area contributed by atoms with Crippen LogP contribution >= 0.6 is 0 Å². The highest BCUT2D eigenvalue weighted by atomic mass is 19.1. The number of carbonyl (C=O) groups excluding carboxylic acids is 1. The summed E-state index contributed by atoms with van der Waals surface area (Å²) in [5.74, 6) is -0.547. The highest BCUT2D eigenvalue weighted by Crippen LogP contribution is 2.32. The van der Waals surface area contributed by atoms with E-state index < -0.39 is 11.5 Å². The first-order valence-electron chi connectivity index (χ1n) is 13.2. The van der Waals surface area contributed by atoms with Gasteiger partial charge in [0.25, 0.3) is 11.5 Å². The number of nitrogens with zero attached hydrogens (tertiary/aromatic N) is 2. The summed E-state index contributed by atoms with van der Waals surface area (Å²) in [4.78, 5) is 29.3. The number of amides is 1. The minimum absolute atomic E-state index is 0.00875. The van der Waals surface area contributed by atoms with Gasteiger partial charge in [-0.1, -0.05) is 25.1 Å². The fraction of sp³-hybridized carbons (Fsp3) is 0.448. The molecule has 196 valence electrons. The average Bonchev–Trinajstić information content (AvgIpc) is 2.91. The summed E-state index contributed by atoms with van der Waals surface area (Å²) >= 11 is 0. The smallest absolute Gasteiger partial charge is 0.267 e. The number of hydrogen-bond donors (Lipinski definition) is 2. The molecule has 2 aromatic carbocycles. The van der Waals surface area contributed by atoms with E-state index >= 15 is 0 Å². The maximum Gasteiger partial charge on any atom is 0.267 e. The first-order chi connectivity index (χ1) is 17.9. The number of fused-ring (bicyclic) bond motifs is 1. The third kappa shape index (κ3) is 5.55. The second-order valence-corrected chi connectivity index (χ2v) is 10.3. The lowest BCUT2D eigenvalue weighted by atomic mass is 9.87. The average molecular weight is 508 g/mol. The normalized spacial score (nSPS) is 20.7. The zero-order valence-corrected chi connectivity index (χ0v) is 21.2. The van der Waals surface area contributed by atoms with E-state index in [-0.39, 0.29) is 23.2 Å². The number of morpholine rings is 1. The number of pyridine rings is 1. The highest BCUT2D eigenvalue weighted by Gasteiger charge is 2.26. The molecule has 2 heterocycles. The van der Waals surface area contributed by atoms with E-state index in [1.54, 1.807) is 28.8 Å². The predicted octanol–water partition coefficient (Wildman–Crippen LogP) is 4.15. The zero-order chi connectivity index (χ0) is 25.9. The van der Waals surface area contributed by atoms with Crippen molar-refractivity contribution < 1.29 is 19.0 Å². The van der Waals surface area contributed by atoms with Crippen LogP contribution in [0.25, 0.3) is 22.0 Å². The largest absolute Gasteiger partial charge is 0.506 e. The van der Waals surface area contributed by atoms with Gasteiger partial charge in [-0.05, 0) is 67.0 Å². The summed E-state index contributed by atoms with van der Waals surface area (Å²) in [5.41, 5.74) is 1.38. The van der Waals surface area contributed by atoms with Crippen LogP contribution in [0.2, 0.25) is 0 Å². The van der Waals surface area contributed by atoms with E-state index in [0.717, 1.165) is 49.9 Å². The van der Waals surface area contributed by atoms with Gasteiger partial charge in [0.1, 0.15) is 17.1 Å². The number of ether oxygens (including phenoxy) is 1. The quantitative estimate of drug-likeness (QED) is 0.524. The van der Waals surface area contributed by atoms with Gasteiger partial charge < -0.3 is 19.7 Å². The highest BCUT2D eigenvalue weighted by molar-refractivity contribution is 6.03. The molecule has 3 aromatic rings. The molecular formula is C29H34FN3O4. The van der Waals surface area contributed by atoms with E-state index in [4.69, 9.17) is 4.74 Å². The topological polar surface area (TPSA) is 83.8 Å². The van der Waals surface area contributed by atoms with Crippen LogP contribution in [0.4, 0.5) is 4.39 Å². The van der Waals surface area contributed by atoms with Crippen LogP contribution in [0.15, 0.2) is 47.3 Å². The summed E-state index contributed by atoms with van der Waals surface area (Å²) < 4.78 is 20.5. The maximum atomic E-state index is 13.7. The molecule has 5 rings (SSSR count). The third-order valence-corrected chi connectivity index (χ3v) is 7.74. The minimum atomic E-state index is -0.531. The van der Waals surface area contributed by atoms with Crippen molar-refractivity contribution in [2.45, 2.75) is 45.2 Å². The van der Waals surface area contributed by atoms with E-state index in [0.29, 0.717) is 43.1 Å². The molecule has 1 aliphatic carbocycles. The molecule has 2 fully saturated rings. The second kappa shape index (κ2) is 11.0. The van der Waals surface area contributed by atoms with Gasteiger partial charge in [0.15, 0.2) is 0 Å². The Balaban J connectivity index is 1.54. The van der Waals surface area contributed by atoms with E-state index in [1.165, 1.54) is 12.1 Å². The Kier molecular flexibility index (Phi) is 7.58. The number of aromatic hydroxyl groups is 1. The molecule has 7 nitrogen and oxygen atoms in total. The summed E-state index contributed by atoms with van der Waals surface area (Å²) in [6.07, 6.45) is 3.78. The molecule has 0 spiro atoms. The van der Waals surface area contributed by atoms with Crippen LogP contribution < -0.4 is 10.9 Å². The first-order valence-corrected chi connectivity index (χ1v) is 13.2. The number of benzene rings is 2. The number of carbonyl (C=O) groups is 1. The fourth-order valence-corrected chi connectivity index (χ4v) is 5.42. The van der Waals surface area contributed by atoms with E-state index in [2.05, 4.69) is 17.1 Å². The second-order valence-electron chi connectivity index (χ2n) is 10.3. The van der Waals surface area contributed by atoms with Gasteiger partial charge >= 0.3 is 0 Å². The molecule has 1 aromatic heterocycles. The zero-order valence-electron chi connectivity index (χ0n) is 21.2. The molecule has 1 aliphatic heterocycles. The molecule has 0 bridgehead atoms. The molecule has 0 atom stereocenters.